The quantitative estimate of drug-likeness (QED) is 0.431. The van der Waals surface area contributed by atoms with Crippen LogP contribution in [-0.4, -0.2) is 5.11 Å². The molecule has 0 bridgehead atoms. The van der Waals surface area contributed by atoms with E-state index in [9.17, 15) is 8.78 Å². The number of anilines is 2. The molecule has 0 aromatic heterocycles. The molecular formula is C12H10BrF2N2OSY-. The molecule has 2 aromatic carbocycles. The molecule has 8 heteroatoms. The Kier molecular flexibility index (Phi) is 8.20. The molecule has 20 heavy (non-hydrogen) atoms. The van der Waals surface area contributed by atoms with Gasteiger partial charge < -0.3 is 10.1 Å². The SMILES string of the molecule is NN(c1ccc(Br)cc1)c1[c-]cc(F)c(O)c1F.S.[Y]. The molecule has 0 spiro atoms. The molecule has 3 N–H and O–H groups in total. The van der Waals surface area contributed by atoms with E-state index in [2.05, 4.69) is 22.0 Å². The molecule has 1 radical (unpaired) electrons. The number of aromatic hydroxyl groups is 1. The maximum Gasteiger partial charge on any atom is 0.0788 e. The Labute approximate surface area is 155 Å². The Bertz CT molecular complexity index is 586. The second kappa shape index (κ2) is 8.29. The molecule has 0 amide bonds. The molecule has 0 atom stereocenters. The summed E-state index contributed by atoms with van der Waals surface area (Å²) in [6, 6.07) is 9.87. The fraction of sp³-hybridized carbons (Fsp3) is 0. The summed E-state index contributed by atoms with van der Waals surface area (Å²) in [5, 5.41) is 10.1. The van der Waals surface area contributed by atoms with Gasteiger partial charge in [0, 0.05) is 37.2 Å². The van der Waals surface area contributed by atoms with E-state index >= 15 is 0 Å². The standard InChI is InChI=1S/C12H8BrF2N2O.H2S.Y/c13-7-1-3-8(4-2-7)17(16)10-6-5-9(14)12(18)11(10)15;;/h1-5,18H,16H2;1H2;/q-1;;. The fourth-order valence-corrected chi connectivity index (χ4v) is 1.65. The van der Waals surface area contributed by atoms with Gasteiger partial charge in [0.1, 0.15) is 0 Å². The van der Waals surface area contributed by atoms with Crippen molar-refractivity contribution in [2.45, 2.75) is 0 Å². The number of rotatable bonds is 2. The van der Waals surface area contributed by atoms with Crippen molar-refractivity contribution in [1.29, 1.82) is 0 Å². The zero-order valence-corrected chi connectivity index (χ0v) is 15.5. The zero-order chi connectivity index (χ0) is 13.3. The summed E-state index contributed by atoms with van der Waals surface area (Å²) < 4.78 is 27.4. The van der Waals surface area contributed by atoms with Gasteiger partial charge in [-0.25, -0.2) is 5.84 Å². The monoisotopic (exact) mass is 436 g/mol. The third-order valence-corrected chi connectivity index (χ3v) is 2.85. The van der Waals surface area contributed by atoms with E-state index in [1.54, 1.807) is 24.3 Å². The van der Waals surface area contributed by atoms with Gasteiger partial charge in [0.25, 0.3) is 0 Å². The minimum absolute atomic E-state index is 0. The summed E-state index contributed by atoms with van der Waals surface area (Å²) in [6.45, 7) is 0. The van der Waals surface area contributed by atoms with E-state index in [1.807, 2.05) is 0 Å². The largest absolute Gasteiger partial charge is 0.528 e. The molecule has 3 nitrogen and oxygen atoms in total. The molecular weight excluding hydrogens is 427 g/mol. The zero-order valence-electron chi connectivity index (χ0n) is 10.1. The van der Waals surface area contributed by atoms with Gasteiger partial charge in [0.15, 0.2) is 0 Å². The number of benzene rings is 2. The molecule has 0 aliphatic carbocycles. The molecule has 0 heterocycles. The molecule has 0 saturated heterocycles. The first-order valence-electron chi connectivity index (χ1n) is 4.89. The van der Waals surface area contributed by atoms with E-state index in [4.69, 9.17) is 10.9 Å². The van der Waals surface area contributed by atoms with E-state index in [1.165, 1.54) is 0 Å². The summed E-state index contributed by atoms with van der Waals surface area (Å²) >= 11 is 3.26. The maximum atomic E-state index is 13.6. The van der Waals surface area contributed by atoms with Crippen LogP contribution in [0, 0.1) is 17.7 Å². The van der Waals surface area contributed by atoms with Crippen molar-refractivity contribution in [2.75, 3.05) is 5.01 Å². The maximum absolute atomic E-state index is 13.6. The van der Waals surface area contributed by atoms with Crippen LogP contribution in [0.3, 0.4) is 0 Å². The van der Waals surface area contributed by atoms with E-state index in [0.29, 0.717) is 5.69 Å². The Morgan fingerprint density at radius 3 is 2.30 bits per heavy atom. The second-order valence-corrected chi connectivity index (χ2v) is 4.41. The van der Waals surface area contributed by atoms with Crippen LogP contribution in [-0.2, 0) is 32.7 Å². The molecule has 0 saturated carbocycles. The van der Waals surface area contributed by atoms with Gasteiger partial charge in [-0.3, -0.25) is 8.78 Å². The number of nitrogens with zero attached hydrogens (tertiary/aromatic N) is 1. The predicted molar refractivity (Wildman–Crippen MR) is 77.7 cm³/mol. The van der Waals surface area contributed by atoms with Crippen molar-refractivity contribution in [3.8, 4) is 5.75 Å². The minimum Gasteiger partial charge on any atom is -0.528 e. The normalized spacial score (nSPS) is 9.40. The number of hydrogen-bond donors (Lipinski definition) is 2. The van der Waals surface area contributed by atoms with Crippen molar-refractivity contribution in [3.05, 3.63) is 52.5 Å². The third-order valence-electron chi connectivity index (χ3n) is 2.32. The van der Waals surface area contributed by atoms with Crippen molar-refractivity contribution in [2.24, 2.45) is 5.84 Å². The average molecular weight is 437 g/mol. The minimum atomic E-state index is -1.15. The van der Waals surface area contributed by atoms with Crippen LogP contribution in [0.5, 0.6) is 5.75 Å². The number of phenols is 1. The van der Waals surface area contributed by atoms with E-state index in [0.717, 1.165) is 15.5 Å². The first kappa shape index (κ1) is 19.8. The number of nitrogens with two attached hydrogens (primary N) is 1. The van der Waals surface area contributed by atoms with Crippen molar-refractivity contribution < 1.29 is 46.6 Å². The van der Waals surface area contributed by atoms with Crippen LogP contribution in [0.15, 0.2) is 34.8 Å². The van der Waals surface area contributed by atoms with Crippen LogP contribution < -0.4 is 10.9 Å². The van der Waals surface area contributed by atoms with Crippen molar-refractivity contribution in [1.82, 2.24) is 0 Å². The summed E-state index contributed by atoms with van der Waals surface area (Å²) in [6.07, 6.45) is 0. The van der Waals surface area contributed by atoms with Crippen molar-refractivity contribution in [3.63, 3.8) is 0 Å². The molecule has 0 unspecified atom stereocenters. The van der Waals surface area contributed by atoms with E-state index in [-0.39, 0.29) is 51.9 Å². The number of hydrazine groups is 1. The fourth-order valence-electron chi connectivity index (χ4n) is 1.39. The van der Waals surface area contributed by atoms with Crippen LogP contribution in [0.2, 0.25) is 0 Å². The van der Waals surface area contributed by atoms with E-state index < -0.39 is 17.4 Å². The van der Waals surface area contributed by atoms with Gasteiger partial charge >= 0.3 is 0 Å². The Morgan fingerprint density at radius 2 is 1.75 bits per heavy atom. The molecule has 0 aliphatic rings. The Balaban J connectivity index is 0.00000180. The smallest absolute Gasteiger partial charge is 0.0788 e. The van der Waals surface area contributed by atoms with Gasteiger partial charge in [-0.2, -0.15) is 19.6 Å². The number of halogens is 3. The van der Waals surface area contributed by atoms with Gasteiger partial charge in [-0.15, -0.1) is 6.07 Å². The molecule has 2 aromatic rings. The van der Waals surface area contributed by atoms with Crippen LogP contribution in [0.4, 0.5) is 20.2 Å². The molecule has 105 valence electrons. The summed E-state index contributed by atoms with van der Waals surface area (Å²) in [5.41, 5.74) is 0.232. The first-order chi connectivity index (χ1) is 8.50. The molecule has 2 rings (SSSR count). The third kappa shape index (κ3) is 4.15. The molecule has 0 aliphatic heterocycles. The molecule has 0 fully saturated rings. The average Bonchev–Trinajstić information content (AvgIpc) is 2.36. The first-order valence-corrected chi connectivity index (χ1v) is 5.69. The topological polar surface area (TPSA) is 49.5 Å². The van der Waals surface area contributed by atoms with Gasteiger partial charge in [-0.1, -0.05) is 15.9 Å². The predicted octanol–water partition coefficient (Wildman–Crippen LogP) is 3.36. The second-order valence-electron chi connectivity index (χ2n) is 3.49. The van der Waals surface area contributed by atoms with Crippen LogP contribution >= 0.6 is 29.4 Å². The van der Waals surface area contributed by atoms with Crippen LogP contribution in [0.1, 0.15) is 0 Å². The Morgan fingerprint density at radius 1 is 1.20 bits per heavy atom. The summed E-state index contributed by atoms with van der Waals surface area (Å²) in [7, 11) is 0. The van der Waals surface area contributed by atoms with Crippen LogP contribution in [0.25, 0.3) is 0 Å². The summed E-state index contributed by atoms with van der Waals surface area (Å²) in [5.74, 6) is 2.39. The van der Waals surface area contributed by atoms with Gasteiger partial charge in [-0.05, 0) is 30.0 Å². The van der Waals surface area contributed by atoms with Crippen molar-refractivity contribution >= 4 is 40.8 Å². The van der Waals surface area contributed by atoms with Gasteiger partial charge in [0.2, 0.25) is 0 Å². The number of hydrogen-bond acceptors (Lipinski definition) is 3. The van der Waals surface area contributed by atoms with Gasteiger partial charge in [0.05, 0.1) is 23.1 Å². The number of phenolic OH excluding ortho intramolecular Hbond substituents is 1. The summed E-state index contributed by atoms with van der Waals surface area (Å²) in [4.78, 5) is 0. The Hall–Kier alpha value is -0.206.